The van der Waals surface area contributed by atoms with E-state index < -0.39 is 16.1 Å². The van der Waals surface area contributed by atoms with E-state index in [-0.39, 0.29) is 40.5 Å². The Morgan fingerprint density at radius 2 is 1.82 bits per heavy atom. The topological polar surface area (TPSA) is 140 Å². The van der Waals surface area contributed by atoms with Crippen molar-refractivity contribution in [1.29, 1.82) is 5.26 Å². The fraction of sp³-hybridized carbons (Fsp3) is 0.250. The molecule has 0 bridgehead atoms. The molecule has 1 aliphatic heterocycles. The van der Waals surface area contributed by atoms with Gasteiger partial charge in [-0.15, -0.1) is 0 Å². The first-order valence-electron chi connectivity index (χ1n) is 8.09. The summed E-state index contributed by atoms with van der Waals surface area (Å²) in [6.45, 7) is 1.08. The summed E-state index contributed by atoms with van der Waals surface area (Å²) in [5, 5.41) is 20.0. The van der Waals surface area contributed by atoms with Gasteiger partial charge in [0.2, 0.25) is 16.0 Å². The highest BCUT2D eigenvalue weighted by molar-refractivity contribution is 7.89. The van der Waals surface area contributed by atoms with Crippen LogP contribution in [0.3, 0.4) is 0 Å². The number of piperazine rings is 1. The van der Waals surface area contributed by atoms with Crippen molar-refractivity contribution in [2.45, 2.75) is 4.90 Å². The number of halogens is 1. The molecule has 0 aliphatic carbocycles. The highest BCUT2D eigenvalue weighted by atomic mass is 35.5. The van der Waals surface area contributed by atoms with Crippen LogP contribution in [0.25, 0.3) is 0 Å². The van der Waals surface area contributed by atoms with Crippen LogP contribution in [0.1, 0.15) is 5.69 Å². The van der Waals surface area contributed by atoms with Gasteiger partial charge in [0.05, 0.1) is 4.90 Å². The molecule has 0 radical (unpaired) electrons. The standard InChI is InChI=1S/C16H15ClN6O4S/c17-14-9-12(10-18)19-15(21-14)22-5-7-23(8-6-22)28(26,27)13-3-1-11(2-4-13)20-16(24)25/h1-4,9,20H,5-8H2,(H,24,25). The minimum absolute atomic E-state index is 0.0719. The number of anilines is 2. The third-order valence-corrected chi connectivity index (χ3v) is 6.17. The molecule has 3 rings (SSSR count). The Balaban J connectivity index is 1.71. The predicted octanol–water partition coefficient (Wildman–Crippen LogP) is 1.60. The molecule has 2 aromatic rings. The first-order chi connectivity index (χ1) is 13.3. The van der Waals surface area contributed by atoms with Crippen molar-refractivity contribution in [3.05, 3.63) is 41.2 Å². The summed E-state index contributed by atoms with van der Waals surface area (Å²) in [5.74, 6) is 0.283. The van der Waals surface area contributed by atoms with Gasteiger partial charge in [0.25, 0.3) is 0 Å². The molecule has 1 amide bonds. The van der Waals surface area contributed by atoms with E-state index in [4.69, 9.17) is 22.0 Å². The number of aromatic nitrogens is 2. The Bertz CT molecular complexity index is 1030. The lowest BCUT2D eigenvalue weighted by atomic mass is 10.3. The predicted molar refractivity (Wildman–Crippen MR) is 101 cm³/mol. The summed E-state index contributed by atoms with van der Waals surface area (Å²) >= 11 is 5.90. The number of nitriles is 1. The van der Waals surface area contributed by atoms with E-state index in [1.807, 2.05) is 6.07 Å². The molecule has 1 saturated heterocycles. The van der Waals surface area contributed by atoms with E-state index in [1.165, 1.54) is 34.6 Å². The number of sulfonamides is 1. The van der Waals surface area contributed by atoms with Gasteiger partial charge in [-0.25, -0.2) is 23.2 Å². The van der Waals surface area contributed by atoms with E-state index >= 15 is 0 Å². The van der Waals surface area contributed by atoms with E-state index in [1.54, 1.807) is 4.90 Å². The molecule has 10 nitrogen and oxygen atoms in total. The Kier molecular flexibility index (Phi) is 5.64. The maximum atomic E-state index is 12.8. The fourth-order valence-corrected chi connectivity index (χ4v) is 4.32. The number of nitrogens with zero attached hydrogens (tertiary/aromatic N) is 5. The summed E-state index contributed by atoms with van der Waals surface area (Å²) in [6, 6.07) is 8.75. The summed E-state index contributed by atoms with van der Waals surface area (Å²) in [4.78, 5) is 20.7. The number of rotatable bonds is 4. The fourth-order valence-electron chi connectivity index (χ4n) is 2.72. The zero-order valence-electron chi connectivity index (χ0n) is 14.4. The molecule has 146 valence electrons. The average Bonchev–Trinajstić information content (AvgIpc) is 2.67. The van der Waals surface area contributed by atoms with Gasteiger partial charge in [0.15, 0.2) is 0 Å². The molecule has 0 unspecified atom stereocenters. The van der Waals surface area contributed by atoms with Crippen LogP contribution in [0.5, 0.6) is 0 Å². The molecule has 1 fully saturated rings. The van der Waals surface area contributed by atoms with Crippen LogP contribution in [-0.4, -0.2) is 60.1 Å². The second kappa shape index (κ2) is 7.97. The molecule has 1 aliphatic rings. The van der Waals surface area contributed by atoms with Crippen LogP contribution in [0.2, 0.25) is 5.15 Å². The van der Waals surface area contributed by atoms with Gasteiger partial charge in [0.1, 0.15) is 16.9 Å². The molecule has 2 N–H and O–H groups in total. The average molecular weight is 423 g/mol. The highest BCUT2D eigenvalue weighted by Crippen LogP contribution is 2.22. The van der Waals surface area contributed by atoms with Crippen molar-refractivity contribution in [3.8, 4) is 6.07 Å². The van der Waals surface area contributed by atoms with Gasteiger partial charge < -0.3 is 10.0 Å². The molecule has 2 heterocycles. The first-order valence-corrected chi connectivity index (χ1v) is 9.91. The highest BCUT2D eigenvalue weighted by Gasteiger charge is 2.29. The minimum atomic E-state index is -3.72. The maximum absolute atomic E-state index is 12.8. The molecule has 28 heavy (non-hydrogen) atoms. The van der Waals surface area contributed by atoms with Gasteiger partial charge in [0, 0.05) is 37.9 Å². The van der Waals surface area contributed by atoms with E-state index in [0.717, 1.165) is 0 Å². The Hall–Kier alpha value is -2.94. The van der Waals surface area contributed by atoms with Crippen molar-refractivity contribution >= 4 is 39.4 Å². The Morgan fingerprint density at radius 3 is 2.39 bits per heavy atom. The smallest absolute Gasteiger partial charge is 0.409 e. The quantitative estimate of drug-likeness (QED) is 0.708. The molecule has 0 atom stereocenters. The molecule has 1 aromatic carbocycles. The van der Waals surface area contributed by atoms with Crippen LogP contribution in [0, 0.1) is 11.3 Å². The van der Waals surface area contributed by atoms with Crippen molar-refractivity contribution in [2.24, 2.45) is 0 Å². The number of hydrogen-bond acceptors (Lipinski definition) is 7. The lowest BCUT2D eigenvalue weighted by molar-refractivity contribution is 0.209. The summed E-state index contributed by atoms with van der Waals surface area (Å²) in [7, 11) is -3.72. The summed E-state index contributed by atoms with van der Waals surface area (Å²) in [6.07, 6.45) is -1.23. The van der Waals surface area contributed by atoms with Crippen LogP contribution in [0.15, 0.2) is 35.2 Å². The molecule has 0 saturated carbocycles. The monoisotopic (exact) mass is 422 g/mol. The van der Waals surface area contributed by atoms with Crippen molar-refractivity contribution in [1.82, 2.24) is 14.3 Å². The van der Waals surface area contributed by atoms with Gasteiger partial charge in [-0.05, 0) is 24.3 Å². The van der Waals surface area contributed by atoms with E-state index in [0.29, 0.717) is 13.1 Å². The van der Waals surface area contributed by atoms with E-state index in [2.05, 4.69) is 15.3 Å². The van der Waals surface area contributed by atoms with Crippen LogP contribution in [0.4, 0.5) is 16.4 Å². The number of carboxylic acid groups (broad SMARTS) is 1. The van der Waals surface area contributed by atoms with Gasteiger partial charge in [-0.1, -0.05) is 11.6 Å². The number of benzene rings is 1. The third-order valence-electron chi connectivity index (χ3n) is 4.06. The molecule has 0 spiro atoms. The second-order valence-corrected chi connectivity index (χ2v) is 8.16. The largest absolute Gasteiger partial charge is 0.465 e. The van der Waals surface area contributed by atoms with Crippen LogP contribution in [-0.2, 0) is 10.0 Å². The van der Waals surface area contributed by atoms with Gasteiger partial charge in [-0.2, -0.15) is 9.57 Å². The number of amides is 1. The van der Waals surface area contributed by atoms with Crippen LogP contribution >= 0.6 is 11.6 Å². The first kappa shape index (κ1) is 19.8. The maximum Gasteiger partial charge on any atom is 0.409 e. The second-order valence-electron chi connectivity index (χ2n) is 5.83. The number of carbonyl (C=O) groups is 1. The zero-order chi connectivity index (χ0) is 20.3. The van der Waals surface area contributed by atoms with Gasteiger partial charge in [-0.3, -0.25) is 5.32 Å². The minimum Gasteiger partial charge on any atom is -0.465 e. The normalized spacial score (nSPS) is 15.1. The summed E-state index contributed by atoms with van der Waals surface area (Å²) in [5.41, 5.74) is 0.419. The van der Waals surface area contributed by atoms with Crippen molar-refractivity contribution in [2.75, 3.05) is 36.4 Å². The number of nitrogens with one attached hydrogen (secondary N) is 1. The molecule has 12 heteroatoms. The number of hydrogen-bond donors (Lipinski definition) is 2. The van der Waals surface area contributed by atoms with Crippen molar-refractivity contribution in [3.63, 3.8) is 0 Å². The Labute approximate surface area is 166 Å². The SMILES string of the molecule is N#Cc1cc(Cl)nc(N2CCN(S(=O)(=O)c3ccc(NC(=O)O)cc3)CC2)n1. The van der Waals surface area contributed by atoms with Crippen molar-refractivity contribution < 1.29 is 18.3 Å². The molecular weight excluding hydrogens is 408 g/mol. The van der Waals surface area contributed by atoms with Gasteiger partial charge >= 0.3 is 6.09 Å². The Morgan fingerprint density at radius 1 is 1.18 bits per heavy atom. The van der Waals surface area contributed by atoms with Crippen LogP contribution < -0.4 is 10.2 Å². The lowest BCUT2D eigenvalue weighted by Crippen LogP contribution is -2.49. The lowest BCUT2D eigenvalue weighted by Gasteiger charge is -2.34. The summed E-state index contributed by atoms with van der Waals surface area (Å²) < 4.78 is 26.9. The van der Waals surface area contributed by atoms with E-state index in [9.17, 15) is 13.2 Å². The molecule has 1 aromatic heterocycles. The third kappa shape index (κ3) is 4.30. The zero-order valence-corrected chi connectivity index (χ0v) is 16.0. The molecular formula is C16H15ClN6O4S.